The van der Waals surface area contributed by atoms with Crippen molar-refractivity contribution in [3.63, 3.8) is 0 Å². The van der Waals surface area contributed by atoms with Gasteiger partial charge in [0.1, 0.15) is 11.5 Å². The molecule has 2 aromatic carbocycles. The maximum Gasteiger partial charge on any atom is 0.237 e. The molecule has 5 heteroatoms. The predicted molar refractivity (Wildman–Crippen MR) is 124 cm³/mol. The number of benzene rings is 2. The highest BCUT2D eigenvalue weighted by molar-refractivity contribution is 8.04. The molecule has 4 nitrogen and oxygen atoms in total. The zero-order chi connectivity index (χ0) is 20.5. The average Bonchev–Trinajstić information content (AvgIpc) is 3.20. The number of nitrogens with one attached hydrogen (secondary N) is 2. The zero-order valence-corrected chi connectivity index (χ0v) is 18.2. The minimum absolute atomic E-state index is 0.0681. The van der Waals surface area contributed by atoms with E-state index in [-0.39, 0.29) is 23.5 Å². The van der Waals surface area contributed by atoms with E-state index in [0.29, 0.717) is 0 Å². The van der Waals surface area contributed by atoms with Crippen LogP contribution in [0, 0.1) is 12.8 Å². The molecule has 0 aliphatic carbocycles. The summed E-state index contributed by atoms with van der Waals surface area (Å²) < 4.78 is 0. The third-order valence-electron chi connectivity index (χ3n) is 6.62. The van der Waals surface area contributed by atoms with Crippen molar-refractivity contribution in [2.45, 2.75) is 43.8 Å². The van der Waals surface area contributed by atoms with Crippen LogP contribution in [0.3, 0.4) is 0 Å². The van der Waals surface area contributed by atoms with Crippen LogP contribution in [0.15, 0.2) is 60.0 Å². The Labute approximate surface area is 183 Å². The fourth-order valence-electron chi connectivity index (χ4n) is 4.83. The third-order valence-corrected chi connectivity index (χ3v) is 7.79. The molecule has 2 fully saturated rings. The Kier molecular flexibility index (Phi) is 5.68. The van der Waals surface area contributed by atoms with E-state index in [1.54, 1.807) is 11.8 Å². The van der Waals surface area contributed by atoms with Gasteiger partial charge < -0.3 is 5.32 Å². The van der Waals surface area contributed by atoms with E-state index in [0.717, 1.165) is 25.4 Å². The Bertz CT molecular complexity index is 919. The maximum atomic E-state index is 12.8. The second-order valence-electron chi connectivity index (χ2n) is 8.72. The number of carbonyl (C=O) groups is 1. The first-order valence-corrected chi connectivity index (χ1v) is 11.9. The first-order chi connectivity index (χ1) is 14.7. The van der Waals surface area contributed by atoms with Gasteiger partial charge in [-0.3, -0.25) is 15.0 Å². The number of aryl methyl sites for hydroxylation is 1. The van der Waals surface area contributed by atoms with Crippen LogP contribution in [-0.2, 0) is 11.2 Å². The molecule has 3 atom stereocenters. The van der Waals surface area contributed by atoms with E-state index >= 15 is 0 Å². The molecule has 2 aromatic rings. The van der Waals surface area contributed by atoms with Crippen molar-refractivity contribution in [2.24, 2.45) is 5.92 Å². The number of nitrogens with zero attached hydrogens (tertiary/aromatic N) is 1. The third kappa shape index (κ3) is 4.07. The Morgan fingerprint density at radius 2 is 1.77 bits per heavy atom. The molecule has 2 N–H and O–H groups in total. The number of carbonyl (C=O) groups excluding carboxylic acids is 1. The summed E-state index contributed by atoms with van der Waals surface area (Å²) in [6.07, 6.45) is 3.42. The molecule has 3 aliphatic rings. The summed E-state index contributed by atoms with van der Waals surface area (Å²) in [7, 11) is 0. The first kappa shape index (κ1) is 19.9. The molecule has 2 saturated heterocycles. The molecule has 3 aliphatic heterocycles. The summed E-state index contributed by atoms with van der Waals surface area (Å²) in [5.41, 5.74) is 5.14. The van der Waals surface area contributed by atoms with Crippen molar-refractivity contribution in [3.05, 3.63) is 76.7 Å². The highest BCUT2D eigenvalue weighted by atomic mass is 32.2. The predicted octanol–water partition coefficient (Wildman–Crippen LogP) is 3.78. The molecule has 0 radical (unpaired) electrons. The van der Waals surface area contributed by atoms with Gasteiger partial charge >= 0.3 is 0 Å². The number of hydrogen-bond donors (Lipinski definition) is 2. The molecule has 5 rings (SSSR count). The fraction of sp³-hybridized carbons (Fsp3) is 0.400. The van der Waals surface area contributed by atoms with Crippen molar-refractivity contribution >= 4 is 23.2 Å². The number of amides is 1. The molecule has 0 saturated carbocycles. The molecule has 156 valence electrons. The number of fused-ring (bicyclic) bond motifs is 1. The summed E-state index contributed by atoms with van der Waals surface area (Å²) in [5.74, 6) is 0.874. The minimum atomic E-state index is -0.0797. The van der Waals surface area contributed by atoms with E-state index in [4.69, 9.17) is 0 Å². The van der Waals surface area contributed by atoms with Gasteiger partial charge in [-0.15, -0.1) is 11.8 Å². The Balaban J connectivity index is 1.23. The van der Waals surface area contributed by atoms with Crippen molar-refractivity contribution in [3.8, 4) is 0 Å². The summed E-state index contributed by atoms with van der Waals surface area (Å²) in [6.45, 7) is 4.14. The minimum Gasteiger partial charge on any atom is -0.327 e. The molecule has 0 aromatic heterocycles. The van der Waals surface area contributed by atoms with Gasteiger partial charge in [-0.1, -0.05) is 60.2 Å². The maximum absolute atomic E-state index is 12.8. The second-order valence-corrected chi connectivity index (χ2v) is 9.74. The van der Waals surface area contributed by atoms with E-state index in [1.165, 1.54) is 35.1 Å². The van der Waals surface area contributed by atoms with Gasteiger partial charge in [-0.2, -0.15) is 0 Å². The van der Waals surface area contributed by atoms with Crippen LogP contribution in [0.2, 0.25) is 0 Å². The zero-order valence-electron chi connectivity index (χ0n) is 17.4. The monoisotopic (exact) mass is 419 g/mol. The summed E-state index contributed by atoms with van der Waals surface area (Å²) in [6, 6.07) is 19.5. The lowest BCUT2D eigenvalue weighted by molar-refractivity contribution is -0.125. The number of rotatable bonds is 4. The Morgan fingerprint density at radius 1 is 1.03 bits per heavy atom. The van der Waals surface area contributed by atoms with Crippen LogP contribution >= 0.6 is 11.8 Å². The number of piperidine rings is 1. The van der Waals surface area contributed by atoms with Gasteiger partial charge in [0, 0.05) is 13.1 Å². The highest BCUT2D eigenvalue weighted by Gasteiger charge is 2.43. The van der Waals surface area contributed by atoms with Crippen LogP contribution in [0.5, 0.6) is 0 Å². The number of thioether (sulfide) groups is 1. The fourth-order valence-corrected chi connectivity index (χ4v) is 5.98. The lowest BCUT2D eigenvalue weighted by Crippen LogP contribution is -2.68. The molecular weight excluding hydrogens is 390 g/mol. The van der Waals surface area contributed by atoms with E-state index in [9.17, 15) is 4.79 Å². The normalized spacial score (nSPS) is 27.4. The topological polar surface area (TPSA) is 44.4 Å². The van der Waals surface area contributed by atoms with Gasteiger partial charge in [0.15, 0.2) is 0 Å². The van der Waals surface area contributed by atoms with E-state index in [1.807, 2.05) is 0 Å². The lowest BCUT2D eigenvalue weighted by atomic mass is 9.90. The molecule has 30 heavy (non-hydrogen) atoms. The lowest BCUT2D eigenvalue weighted by Gasteiger charge is -2.43. The van der Waals surface area contributed by atoms with Crippen LogP contribution in [0.25, 0.3) is 5.57 Å². The van der Waals surface area contributed by atoms with Crippen molar-refractivity contribution in [1.82, 2.24) is 15.5 Å². The molecule has 3 heterocycles. The standard InChI is InChI=1S/C25H29N3OS/c1-17-7-9-20(10-8-17)21-16-30-23-22(21)26-25(27-24(23)29)28-13-11-19(12-14-28)15-18-5-3-2-4-6-18/h2-10,16,19,22-23,25-26H,11-15H2,1H3,(H,27,29). The van der Waals surface area contributed by atoms with Crippen molar-refractivity contribution in [1.29, 1.82) is 0 Å². The summed E-state index contributed by atoms with van der Waals surface area (Å²) >= 11 is 1.64. The smallest absolute Gasteiger partial charge is 0.237 e. The van der Waals surface area contributed by atoms with Crippen LogP contribution in [-0.4, -0.2) is 41.5 Å². The van der Waals surface area contributed by atoms with Crippen LogP contribution in [0.4, 0.5) is 0 Å². The Morgan fingerprint density at radius 3 is 2.50 bits per heavy atom. The van der Waals surface area contributed by atoms with E-state index in [2.05, 4.69) is 82.5 Å². The average molecular weight is 420 g/mol. The quantitative estimate of drug-likeness (QED) is 0.792. The second kappa shape index (κ2) is 8.58. The molecule has 1 amide bonds. The summed E-state index contributed by atoms with van der Waals surface area (Å²) in [5, 5.41) is 9.06. The van der Waals surface area contributed by atoms with Gasteiger partial charge in [-0.25, -0.2) is 0 Å². The van der Waals surface area contributed by atoms with Gasteiger partial charge in [-0.05, 0) is 54.2 Å². The van der Waals surface area contributed by atoms with Crippen molar-refractivity contribution in [2.75, 3.05) is 13.1 Å². The van der Waals surface area contributed by atoms with Gasteiger partial charge in [0.05, 0.1) is 6.04 Å². The van der Waals surface area contributed by atoms with E-state index < -0.39 is 0 Å². The number of hydrogen-bond acceptors (Lipinski definition) is 4. The Hall–Kier alpha value is -2.08. The van der Waals surface area contributed by atoms with Crippen LogP contribution < -0.4 is 10.6 Å². The largest absolute Gasteiger partial charge is 0.327 e. The van der Waals surface area contributed by atoms with Gasteiger partial charge in [0.2, 0.25) is 5.91 Å². The van der Waals surface area contributed by atoms with Crippen LogP contribution in [0.1, 0.15) is 29.5 Å². The molecule has 0 spiro atoms. The molecular formula is C25H29N3OS. The van der Waals surface area contributed by atoms with Gasteiger partial charge in [0.25, 0.3) is 0 Å². The number of likely N-dealkylation sites (tertiary alicyclic amines) is 1. The molecule has 3 unspecified atom stereocenters. The highest BCUT2D eigenvalue weighted by Crippen LogP contribution is 2.38. The summed E-state index contributed by atoms with van der Waals surface area (Å²) in [4.78, 5) is 15.2. The first-order valence-electron chi connectivity index (χ1n) is 10.9. The van der Waals surface area contributed by atoms with Crippen molar-refractivity contribution < 1.29 is 4.79 Å². The molecule has 0 bridgehead atoms. The SMILES string of the molecule is Cc1ccc(C2=CSC3C(=O)NC(N4CCC(Cc5ccccc5)CC4)NC23)cc1.